The molecule has 4 aromatic carbocycles. The molecule has 0 saturated carbocycles. The van der Waals surface area contributed by atoms with Gasteiger partial charge in [0.05, 0.1) is 31.9 Å². The first kappa shape index (κ1) is 28.3. The number of hydrogen-bond donors (Lipinski definition) is 0. The second-order valence-electron chi connectivity index (χ2n) is 8.79. The highest BCUT2D eigenvalue weighted by Gasteiger charge is 2.36. The number of thioether (sulfide) groups is 1. The molecule has 1 aliphatic rings. The average molecular weight is 632 g/mol. The number of halogens is 1. The van der Waals surface area contributed by atoms with Gasteiger partial charge in [0.25, 0.3) is 5.91 Å². The number of ether oxygens (including phenoxy) is 4. The third-order valence-corrected chi connectivity index (χ3v) is 7.90. The molecule has 1 saturated heterocycles. The molecule has 0 bridgehead atoms. The van der Waals surface area contributed by atoms with Gasteiger partial charge in [-0.05, 0) is 65.4 Å². The molecule has 0 aromatic heterocycles. The fourth-order valence-electron chi connectivity index (χ4n) is 4.21. The lowest BCUT2D eigenvalue weighted by Gasteiger charge is -2.18. The van der Waals surface area contributed by atoms with E-state index < -0.39 is 0 Å². The average Bonchev–Trinajstić information content (AvgIpc) is 3.31. The van der Waals surface area contributed by atoms with Crippen molar-refractivity contribution < 1.29 is 23.7 Å². The van der Waals surface area contributed by atoms with Crippen LogP contribution in [0.15, 0.2) is 105 Å². The van der Waals surface area contributed by atoms with Gasteiger partial charge in [-0.25, -0.2) is 4.99 Å². The molecule has 7 nitrogen and oxygen atoms in total. The van der Waals surface area contributed by atoms with E-state index in [1.807, 2.05) is 97.1 Å². The molecule has 1 fully saturated rings. The van der Waals surface area contributed by atoms with E-state index in [0.29, 0.717) is 51.1 Å². The van der Waals surface area contributed by atoms with Gasteiger partial charge in [0.2, 0.25) is 0 Å². The van der Waals surface area contributed by atoms with Gasteiger partial charge in [-0.3, -0.25) is 9.69 Å². The van der Waals surface area contributed by atoms with Crippen LogP contribution in [0.25, 0.3) is 6.08 Å². The third-order valence-electron chi connectivity index (χ3n) is 6.24. The zero-order valence-electron chi connectivity index (χ0n) is 22.7. The second-order valence-corrected chi connectivity index (χ2v) is 10.7. The number of anilines is 1. The molecule has 208 valence electrons. The van der Waals surface area contributed by atoms with E-state index in [9.17, 15) is 4.79 Å². The van der Waals surface area contributed by atoms with Gasteiger partial charge in [0, 0.05) is 4.47 Å². The van der Waals surface area contributed by atoms with E-state index in [2.05, 4.69) is 15.9 Å². The number of amidine groups is 1. The maximum absolute atomic E-state index is 13.9. The van der Waals surface area contributed by atoms with Gasteiger partial charge in [-0.1, -0.05) is 70.5 Å². The number of nitrogens with zero attached hydrogens (tertiary/aromatic N) is 2. The molecule has 0 spiro atoms. The van der Waals surface area contributed by atoms with Crippen LogP contribution in [0.2, 0.25) is 0 Å². The SMILES string of the molecule is COc1ccccc1N=C1SC(=Cc2cc(OC)c(OCc3ccccc3)cc2Br)C(=O)N1c1ccccc1OC. The van der Waals surface area contributed by atoms with Gasteiger partial charge in [-0.2, -0.15) is 0 Å². The van der Waals surface area contributed by atoms with E-state index in [1.54, 1.807) is 26.2 Å². The number of carbonyl (C=O) groups is 1. The second kappa shape index (κ2) is 13.0. The predicted molar refractivity (Wildman–Crippen MR) is 168 cm³/mol. The van der Waals surface area contributed by atoms with Crippen LogP contribution in [0.3, 0.4) is 0 Å². The molecule has 0 unspecified atom stereocenters. The molecule has 0 radical (unpaired) electrons. The predicted octanol–water partition coefficient (Wildman–Crippen LogP) is 7.86. The smallest absolute Gasteiger partial charge is 0.271 e. The molecule has 0 aliphatic carbocycles. The summed E-state index contributed by atoms with van der Waals surface area (Å²) in [7, 11) is 4.75. The largest absolute Gasteiger partial charge is 0.495 e. The number of rotatable bonds is 9. The van der Waals surface area contributed by atoms with Gasteiger partial charge in [0.1, 0.15) is 23.8 Å². The zero-order valence-corrected chi connectivity index (χ0v) is 25.1. The van der Waals surface area contributed by atoms with Crippen molar-refractivity contribution in [2.45, 2.75) is 6.61 Å². The van der Waals surface area contributed by atoms with Crippen LogP contribution in [-0.4, -0.2) is 32.4 Å². The Bertz CT molecular complexity index is 1620. The Kier molecular flexibility index (Phi) is 8.96. The minimum absolute atomic E-state index is 0.233. The first-order chi connectivity index (χ1) is 20.0. The number of carbonyl (C=O) groups excluding carboxylic acids is 1. The topological polar surface area (TPSA) is 69.6 Å². The third kappa shape index (κ3) is 6.26. The Morgan fingerprint density at radius 3 is 2.20 bits per heavy atom. The summed E-state index contributed by atoms with van der Waals surface area (Å²) in [5, 5.41) is 0.473. The quantitative estimate of drug-likeness (QED) is 0.175. The number of hydrogen-bond acceptors (Lipinski definition) is 7. The summed E-state index contributed by atoms with van der Waals surface area (Å²) >= 11 is 4.92. The first-order valence-electron chi connectivity index (χ1n) is 12.7. The Balaban J connectivity index is 1.53. The summed E-state index contributed by atoms with van der Waals surface area (Å²) < 4.78 is 23.5. The maximum atomic E-state index is 13.9. The fourth-order valence-corrected chi connectivity index (χ4v) is 5.63. The van der Waals surface area contributed by atoms with E-state index in [1.165, 1.54) is 11.8 Å². The summed E-state index contributed by atoms with van der Waals surface area (Å²) in [6.07, 6.45) is 1.81. The minimum Gasteiger partial charge on any atom is -0.495 e. The van der Waals surface area contributed by atoms with Crippen molar-refractivity contribution in [1.29, 1.82) is 0 Å². The molecule has 0 N–H and O–H groups in total. The Labute approximate surface area is 251 Å². The molecule has 4 aromatic rings. The van der Waals surface area contributed by atoms with Crippen LogP contribution in [-0.2, 0) is 11.4 Å². The summed E-state index contributed by atoms with van der Waals surface area (Å²) in [6.45, 7) is 0.398. The van der Waals surface area contributed by atoms with Crippen LogP contribution in [0, 0.1) is 0 Å². The lowest BCUT2D eigenvalue weighted by Crippen LogP contribution is -2.29. The summed E-state index contributed by atoms with van der Waals surface area (Å²) in [6, 6.07) is 28.4. The van der Waals surface area contributed by atoms with Gasteiger partial charge >= 0.3 is 0 Å². The molecule has 9 heteroatoms. The highest BCUT2D eigenvalue weighted by Crippen LogP contribution is 2.43. The molecule has 0 atom stereocenters. The van der Waals surface area contributed by atoms with Crippen LogP contribution < -0.4 is 23.8 Å². The van der Waals surface area contributed by atoms with Gasteiger partial charge in [-0.15, -0.1) is 0 Å². The Morgan fingerprint density at radius 2 is 1.46 bits per heavy atom. The first-order valence-corrected chi connectivity index (χ1v) is 14.3. The Morgan fingerprint density at radius 1 is 0.805 bits per heavy atom. The summed E-state index contributed by atoms with van der Waals surface area (Å²) in [5.41, 5.74) is 2.99. The van der Waals surface area contributed by atoms with Crippen molar-refractivity contribution in [2.75, 3.05) is 26.2 Å². The van der Waals surface area contributed by atoms with Crippen molar-refractivity contribution in [1.82, 2.24) is 0 Å². The van der Waals surface area contributed by atoms with E-state index >= 15 is 0 Å². The summed E-state index contributed by atoms with van der Waals surface area (Å²) in [5.74, 6) is 2.06. The summed E-state index contributed by atoms with van der Waals surface area (Å²) in [4.78, 5) is 20.8. The number of methoxy groups -OCH3 is 3. The highest BCUT2D eigenvalue weighted by molar-refractivity contribution is 9.10. The van der Waals surface area contributed by atoms with Crippen molar-refractivity contribution in [3.8, 4) is 23.0 Å². The van der Waals surface area contributed by atoms with Crippen molar-refractivity contribution in [2.24, 2.45) is 4.99 Å². The Hall–Kier alpha value is -4.21. The lowest BCUT2D eigenvalue weighted by atomic mass is 10.1. The minimum atomic E-state index is -0.233. The van der Waals surface area contributed by atoms with Gasteiger partial charge < -0.3 is 18.9 Å². The molecule has 1 amide bonds. The normalized spacial score (nSPS) is 14.9. The van der Waals surface area contributed by atoms with Crippen LogP contribution in [0.1, 0.15) is 11.1 Å². The van der Waals surface area contributed by atoms with Crippen LogP contribution in [0.4, 0.5) is 11.4 Å². The van der Waals surface area contributed by atoms with Crippen molar-refractivity contribution >= 4 is 56.2 Å². The molecule has 41 heavy (non-hydrogen) atoms. The molecule has 1 aliphatic heterocycles. The number of para-hydroxylation sites is 4. The molecular formula is C32H27BrN2O5S. The monoisotopic (exact) mass is 630 g/mol. The van der Waals surface area contributed by atoms with E-state index in [4.69, 9.17) is 23.9 Å². The number of amides is 1. The van der Waals surface area contributed by atoms with Crippen LogP contribution >= 0.6 is 27.7 Å². The maximum Gasteiger partial charge on any atom is 0.271 e. The number of benzene rings is 4. The highest BCUT2D eigenvalue weighted by atomic mass is 79.9. The van der Waals surface area contributed by atoms with Crippen LogP contribution in [0.5, 0.6) is 23.0 Å². The van der Waals surface area contributed by atoms with Crippen molar-refractivity contribution in [3.05, 3.63) is 112 Å². The van der Waals surface area contributed by atoms with Gasteiger partial charge in [0.15, 0.2) is 16.7 Å². The molecule has 1 heterocycles. The van der Waals surface area contributed by atoms with E-state index in [-0.39, 0.29) is 5.91 Å². The fraction of sp³-hybridized carbons (Fsp3) is 0.125. The number of aliphatic imine (C=N–C) groups is 1. The van der Waals surface area contributed by atoms with E-state index in [0.717, 1.165) is 15.6 Å². The lowest BCUT2D eigenvalue weighted by molar-refractivity contribution is -0.113. The van der Waals surface area contributed by atoms with Crippen molar-refractivity contribution in [3.63, 3.8) is 0 Å². The standard InChI is InChI=1S/C32H27BrN2O5S/c1-37-26-15-9-7-13-24(26)34-32-35(25-14-8-10-16-27(25)38-2)31(36)30(41-32)18-22-17-28(39-3)29(19-23(22)33)40-20-21-11-5-4-6-12-21/h4-19H,20H2,1-3H3. The molecular weight excluding hydrogens is 604 g/mol. The molecule has 5 rings (SSSR count). The zero-order chi connectivity index (χ0) is 28.8.